The van der Waals surface area contributed by atoms with Gasteiger partial charge in [0.15, 0.2) is 11.5 Å². The van der Waals surface area contributed by atoms with Crippen molar-refractivity contribution in [3.05, 3.63) is 54.1 Å². The lowest BCUT2D eigenvalue weighted by Crippen LogP contribution is -2.35. The van der Waals surface area contributed by atoms with Crippen molar-refractivity contribution in [1.29, 1.82) is 0 Å². The van der Waals surface area contributed by atoms with E-state index in [-0.39, 0.29) is 23.0 Å². The highest BCUT2D eigenvalue weighted by Gasteiger charge is 2.69. The molecule has 1 aliphatic heterocycles. The zero-order valence-corrected chi connectivity index (χ0v) is 15.0. The molecule has 2 unspecified atom stereocenters. The van der Waals surface area contributed by atoms with Crippen molar-refractivity contribution in [3.63, 3.8) is 0 Å². The highest BCUT2D eigenvalue weighted by Crippen LogP contribution is 2.58. The molecule has 130 valence electrons. The van der Waals surface area contributed by atoms with Gasteiger partial charge in [0.1, 0.15) is 17.1 Å². The zero-order valence-electron chi connectivity index (χ0n) is 14.3. The van der Waals surface area contributed by atoms with Crippen LogP contribution < -0.4 is 14.4 Å². The molecule has 1 aliphatic carbocycles. The average Bonchev–Trinajstić information content (AvgIpc) is 3.17. The van der Waals surface area contributed by atoms with Crippen LogP contribution in [0.15, 0.2) is 48.5 Å². The van der Waals surface area contributed by atoms with E-state index in [1.165, 1.54) is 0 Å². The van der Waals surface area contributed by atoms with Gasteiger partial charge in [-0.25, -0.2) is 0 Å². The molecule has 0 radical (unpaired) electrons. The number of amides is 1. The van der Waals surface area contributed by atoms with E-state index in [9.17, 15) is 4.79 Å². The number of halogens is 1. The molecule has 2 atom stereocenters. The molecule has 1 heterocycles. The van der Waals surface area contributed by atoms with Crippen LogP contribution in [0.5, 0.6) is 11.5 Å². The van der Waals surface area contributed by atoms with Crippen LogP contribution >= 0.6 is 11.6 Å². The molecule has 0 bridgehead atoms. The number of carbonyl (C=O) groups excluding carboxylic acids is 1. The first-order valence-corrected chi connectivity index (χ1v) is 8.90. The molecule has 2 aromatic rings. The third-order valence-electron chi connectivity index (χ3n) is 5.18. The van der Waals surface area contributed by atoms with Crippen molar-refractivity contribution in [1.82, 2.24) is 0 Å². The molecule has 1 amide bonds. The van der Waals surface area contributed by atoms with Gasteiger partial charge in [-0.1, -0.05) is 30.3 Å². The second-order valence-corrected chi connectivity index (χ2v) is 7.34. The summed E-state index contributed by atoms with van der Waals surface area (Å²) in [6.45, 7) is 4.57. The normalized spacial score (nSPS) is 25.9. The second-order valence-electron chi connectivity index (χ2n) is 7.07. The van der Waals surface area contributed by atoms with Gasteiger partial charge in [0.2, 0.25) is 5.91 Å². The number of benzene rings is 2. The van der Waals surface area contributed by atoms with Crippen LogP contribution in [0.2, 0.25) is 0 Å². The van der Waals surface area contributed by atoms with Crippen LogP contribution in [0.4, 0.5) is 5.69 Å². The summed E-state index contributed by atoms with van der Waals surface area (Å²) in [5.74, 6) is 1.18. The molecular formula is C20H20ClNO3. The molecule has 0 saturated heterocycles. The maximum Gasteiger partial charge on any atom is 0.242 e. The average molecular weight is 358 g/mol. The van der Waals surface area contributed by atoms with Gasteiger partial charge < -0.3 is 14.4 Å². The SMILES string of the molecule is CC12CC1(C)Oc1cc(N(Cc3ccccc3)C(=O)CCl)ccc1O2. The number of ether oxygens (including phenoxy) is 2. The molecule has 4 rings (SSSR count). The third kappa shape index (κ3) is 2.74. The van der Waals surface area contributed by atoms with Gasteiger partial charge in [-0.2, -0.15) is 0 Å². The summed E-state index contributed by atoms with van der Waals surface area (Å²) in [6, 6.07) is 15.5. The molecule has 0 N–H and O–H groups in total. The Balaban J connectivity index is 1.65. The summed E-state index contributed by atoms with van der Waals surface area (Å²) in [5, 5.41) is 0. The lowest BCUT2D eigenvalue weighted by Gasteiger charge is -2.30. The number of rotatable bonds is 4. The first kappa shape index (κ1) is 16.3. The maximum atomic E-state index is 12.4. The van der Waals surface area contributed by atoms with Crippen LogP contribution in [0.1, 0.15) is 25.8 Å². The molecule has 4 nitrogen and oxygen atoms in total. The van der Waals surface area contributed by atoms with Crippen molar-refractivity contribution >= 4 is 23.2 Å². The molecule has 0 aromatic heterocycles. The number of carbonyl (C=O) groups is 1. The number of alkyl halides is 1. The largest absolute Gasteiger partial charge is 0.479 e. The number of hydrogen-bond donors (Lipinski definition) is 0. The number of nitrogens with zero attached hydrogens (tertiary/aromatic N) is 1. The van der Waals surface area contributed by atoms with E-state index in [0.29, 0.717) is 12.3 Å². The van der Waals surface area contributed by atoms with Crippen molar-refractivity contribution in [2.45, 2.75) is 38.0 Å². The second kappa shape index (κ2) is 5.67. The van der Waals surface area contributed by atoms with E-state index in [0.717, 1.165) is 23.4 Å². The third-order valence-corrected chi connectivity index (χ3v) is 5.41. The minimum Gasteiger partial charge on any atom is -0.479 e. The molecule has 1 saturated carbocycles. The Morgan fingerprint density at radius 3 is 2.44 bits per heavy atom. The Hall–Kier alpha value is -2.20. The van der Waals surface area contributed by atoms with Crippen molar-refractivity contribution in [2.75, 3.05) is 10.8 Å². The van der Waals surface area contributed by atoms with E-state index < -0.39 is 0 Å². The highest BCUT2D eigenvalue weighted by atomic mass is 35.5. The van der Waals surface area contributed by atoms with Gasteiger partial charge >= 0.3 is 0 Å². The smallest absolute Gasteiger partial charge is 0.242 e. The first-order chi connectivity index (χ1) is 11.9. The quantitative estimate of drug-likeness (QED) is 0.771. The lowest BCUT2D eigenvalue weighted by molar-refractivity contribution is -0.116. The van der Waals surface area contributed by atoms with Crippen molar-refractivity contribution in [2.24, 2.45) is 0 Å². The van der Waals surface area contributed by atoms with Crippen LogP contribution in [-0.4, -0.2) is 23.0 Å². The summed E-state index contributed by atoms with van der Waals surface area (Å²) in [4.78, 5) is 14.1. The fourth-order valence-electron chi connectivity index (χ4n) is 3.36. The Labute approximate surface area is 152 Å². The Morgan fingerprint density at radius 2 is 1.76 bits per heavy atom. The van der Waals surface area contributed by atoms with Gasteiger partial charge in [0.25, 0.3) is 0 Å². The van der Waals surface area contributed by atoms with E-state index in [4.69, 9.17) is 21.1 Å². The van der Waals surface area contributed by atoms with Crippen LogP contribution in [0.25, 0.3) is 0 Å². The summed E-state index contributed by atoms with van der Waals surface area (Å²) in [5.41, 5.74) is 1.25. The molecule has 2 aromatic carbocycles. The highest BCUT2D eigenvalue weighted by molar-refractivity contribution is 6.29. The van der Waals surface area contributed by atoms with Crippen molar-refractivity contribution < 1.29 is 14.3 Å². The van der Waals surface area contributed by atoms with Crippen LogP contribution in [0.3, 0.4) is 0 Å². The van der Waals surface area contributed by atoms with E-state index in [1.54, 1.807) is 4.90 Å². The molecule has 5 heteroatoms. The predicted octanol–water partition coefficient (Wildman–Crippen LogP) is 4.15. The van der Waals surface area contributed by atoms with Gasteiger partial charge in [0, 0.05) is 18.2 Å². The number of fused-ring (bicyclic) bond motifs is 2. The summed E-state index contributed by atoms with van der Waals surface area (Å²) >= 11 is 5.83. The maximum absolute atomic E-state index is 12.4. The summed E-state index contributed by atoms with van der Waals surface area (Å²) < 4.78 is 12.2. The Kier molecular flexibility index (Phi) is 3.69. The minimum atomic E-state index is -0.292. The van der Waals surface area contributed by atoms with E-state index in [1.807, 2.05) is 55.5 Å². The van der Waals surface area contributed by atoms with Gasteiger partial charge in [-0.3, -0.25) is 4.79 Å². The van der Waals surface area contributed by atoms with Gasteiger partial charge in [-0.15, -0.1) is 11.6 Å². The van der Waals surface area contributed by atoms with E-state index in [2.05, 4.69) is 6.92 Å². The molecule has 25 heavy (non-hydrogen) atoms. The number of anilines is 1. The van der Waals surface area contributed by atoms with Gasteiger partial charge in [0.05, 0.1) is 6.54 Å². The topological polar surface area (TPSA) is 38.8 Å². The molecule has 2 aliphatic rings. The molecule has 0 spiro atoms. The Morgan fingerprint density at radius 1 is 1.08 bits per heavy atom. The lowest BCUT2D eigenvalue weighted by atomic mass is 10.1. The Bertz CT molecular complexity index is 825. The fourth-order valence-corrected chi connectivity index (χ4v) is 3.51. The standard InChI is InChI=1S/C20H20ClNO3/c1-19-13-20(19,2)25-17-10-15(8-9-16(17)24-19)22(18(23)11-21)12-14-6-4-3-5-7-14/h3-10H,11-13H2,1-2H3. The minimum absolute atomic E-state index is 0.0724. The predicted molar refractivity (Wildman–Crippen MR) is 97.5 cm³/mol. The fraction of sp³-hybridized carbons (Fsp3) is 0.350. The number of hydrogen-bond acceptors (Lipinski definition) is 3. The summed E-state index contributed by atoms with van der Waals surface area (Å²) in [6.07, 6.45) is 0.859. The van der Waals surface area contributed by atoms with Crippen LogP contribution in [0, 0.1) is 0 Å². The zero-order chi connectivity index (χ0) is 17.7. The first-order valence-electron chi connectivity index (χ1n) is 8.36. The van der Waals surface area contributed by atoms with Gasteiger partial charge in [-0.05, 0) is 31.5 Å². The molecular weight excluding hydrogens is 338 g/mol. The summed E-state index contributed by atoms with van der Waals surface area (Å²) in [7, 11) is 0. The molecule has 1 fully saturated rings. The monoisotopic (exact) mass is 357 g/mol. The van der Waals surface area contributed by atoms with Crippen LogP contribution in [-0.2, 0) is 11.3 Å². The van der Waals surface area contributed by atoms with E-state index >= 15 is 0 Å². The van der Waals surface area contributed by atoms with Crippen molar-refractivity contribution in [3.8, 4) is 11.5 Å².